The Hall–Kier alpha value is -1.32. The Balaban J connectivity index is 2.07. The first-order chi connectivity index (χ1) is 9.46. The standard InChI is InChI=1S/C17H24N2Si/c1-19-11-9-14-13-7-5-6-8-15(13)18-17(14)16(19)10-12-20(2,3)4/h5-8,10,12,16,18H,9,11H2,1-4H3/b12-10+. The molecular weight excluding hydrogens is 260 g/mol. The lowest BCUT2D eigenvalue weighted by molar-refractivity contribution is 0.268. The molecule has 1 aromatic heterocycles. The first-order valence-electron chi connectivity index (χ1n) is 7.45. The van der Waals surface area contributed by atoms with Gasteiger partial charge < -0.3 is 4.98 Å². The highest BCUT2D eigenvalue weighted by atomic mass is 28.3. The maximum atomic E-state index is 3.66. The second-order valence-corrected chi connectivity index (χ2v) is 12.0. The first-order valence-corrected chi connectivity index (χ1v) is 11.0. The monoisotopic (exact) mass is 284 g/mol. The summed E-state index contributed by atoms with van der Waals surface area (Å²) in [7, 11) is 1.08. The number of nitrogens with zero attached hydrogens (tertiary/aromatic N) is 1. The third-order valence-electron chi connectivity index (χ3n) is 4.11. The smallest absolute Gasteiger partial charge is 0.0683 e. The molecule has 0 radical (unpaired) electrons. The lowest BCUT2D eigenvalue weighted by Gasteiger charge is -2.31. The van der Waals surface area contributed by atoms with Gasteiger partial charge in [-0.3, -0.25) is 4.90 Å². The molecule has 3 rings (SSSR count). The first kappa shape index (κ1) is 13.7. The summed E-state index contributed by atoms with van der Waals surface area (Å²) in [5.74, 6) is 0. The van der Waals surface area contributed by atoms with Crippen molar-refractivity contribution in [1.82, 2.24) is 9.88 Å². The van der Waals surface area contributed by atoms with Crippen molar-refractivity contribution in [1.29, 1.82) is 0 Å². The average Bonchev–Trinajstić information content (AvgIpc) is 2.75. The van der Waals surface area contributed by atoms with E-state index < -0.39 is 8.07 Å². The molecule has 1 N–H and O–H groups in total. The highest BCUT2D eigenvalue weighted by Gasteiger charge is 2.26. The molecule has 2 aromatic rings. The molecule has 1 aromatic carbocycles. The summed E-state index contributed by atoms with van der Waals surface area (Å²) in [4.78, 5) is 6.11. The number of nitrogens with one attached hydrogen (secondary N) is 1. The fraction of sp³-hybridized carbons (Fsp3) is 0.412. The van der Waals surface area contributed by atoms with E-state index in [9.17, 15) is 0 Å². The fourth-order valence-corrected chi connectivity index (χ4v) is 3.77. The van der Waals surface area contributed by atoms with Gasteiger partial charge in [-0.05, 0) is 25.1 Å². The summed E-state index contributed by atoms with van der Waals surface area (Å²) in [6, 6.07) is 9.09. The zero-order valence-electron chi connectivity index (χ0n) is 12.9. The number of fused-ring (bicyclic) bond motifs is 3. The molecule has 1 aliphatic rings. The van der Waals surface area contributed by atoms with Gasteiger partial charge in [-0.25, -0.2) is 0 Å². The molecule has 2 heterocycles. The highest BCUT2D eigenvalue weighted by Crippen LogP contribution is 2.34. The predicted molar refractivity (Wildman–Crippen MR) is 89.9 cm³/mol. The molecule has 1 atom stereocenters. The van der Waals surface area contributed by atoms with E-state index in [0.29, 0.717) is 6.04 Å². The van der Waals surface area contributed by atoms with Crippen LogP contribution < -0.4 is 0 Å². The minimum Gasteiger partial charge on any atom is -0.357 e. The lowest BCUT2D eigenvalue weighted by Crippen LogP contribution is -2.31. The molecule has 1 unspecified atom stereocenters. The molecule has 106 valence electrons. The molecule has 0 bridgehead atoms. The number of para-hydroxylation sites is 1. The molecule has 20 heavy (non-hydrogen) atoms. The lowest BCUT2D eigenvalue weighted by atomic mass is 9.98. The van der Waals surface area contributed by atoms with Crippen LogP contribution in [0.4, 0.5) is 0 Å². The van der Waals surface area contributed by atoms with Crippen molar-refractivity contribution >= 4 is 19.0 Å². The summed E-state index contributed by atoms with van der Waals surface area (Å²) in [5.41, 5.74) is 6.66. The van der Waals surface area contributed by atoms with Crippen molar-refractivity contribution in [2.75, 3.05) is 13.6 Å². The highest BCUT2D eigenvalue weighted by molar-refractivity contribution is 6.80. The minimum atomic E-state index is -1.15. The molecule has 1 aliphatic heterocycles. The van der Waals surface area contributed by atoms with Crippen molar-refractivity contribution in [3.8, 4) is 0 Å². The van der Waals surface area contributed by atoms with Gasteiger partial charge in [-0.1, -0.05) is 49.6 Å². The summed E-state index contributed by atoms with van der Waals surface area (Å²) in [6.07, 6.45) is 3.56. The summed E-state index contributed by atoms with van der Waals surface area (Å²) in [5, 5.41) is 1.40. The Morgan fingerprint density at radius 3 is 2.75 bits per heavy atom. The second kappa shape index (κ2) is 4.90. The number of likely N-dealkylation sites (N-methyl/N-ethyl adjacent to an activating group) is 1. The number of hydrogen-bond acceptors (Lipinski definition) is 1. The van der Waals surface area contributed by atoms with Crippen LogP contribution in [0.3, 0.4) is 0 Å². The summed E-state index contributed by atoms with van der Waals surface area (Å²) >= 11 is 0. The Morgan fingerprint density at radius 1 is 1.25 bits per heavy atom. The van der Waals surface area contributed by atoms with Crippen molar-refractivity contribution in [2.24, 2.45) is 0 Å². The van der Waals surface area contributed by atoms with Gasteiger partial charge in [-0.2, -0.15) is 0 Å². The third-order valence-corrected chi connectivity index (χ3v) is 5.30. The Kier molecular flexibility index (Phi) is 3.34. The number of aromatic amines is 1. The third kappa shape index (κ3) is 2.48. The maximum absolute atomic E-state index is 3.66. The summed E-state index contributed by atoms with van der Waals surface area (Å²) in [6.45, 7) is 8.30. The van der Waals surface area contributed by atoms with Gasteiger partial charge in [0.2, 0.25) is 0 Å². The Labute approximate surface area is 122 Å². The van der Waals surface area contributed by atoms with Gasteiger partial charge in [0, 0.05) is 23.1 Å². The van der Waals surface area contributed by atoms with Gasteiger partial charge in [0.05, 0.1) is 14.1 Å². The Morgan fingerprint density at radius 2 is 2.00 bits per heavy atom. The molecule has 0 spiro atoms. The van der Waals surface area contributed by atoms with Crippen LogP contribution in [0.25, 0.3) is 10.9 Å². The molecule has 0 aliphatic carbocycles. The molecule has 0 saturated carbocycles. The van der Waals surface area contributed by atoms with Crippen LogP contribution >= 0.6 is 0 Å². The van der Waals surface area contributed by atoms with E-state index in [1.807, 2.05) is 0 Å². The molecule has 2 nitrogen and oxygen atoms in total. The van der Waals surface area contributed by atoms with Crippen LogP contribution in [-0.2, 0) is 6.42 Å². The number of aromatic nitrogens is 1. The maximum Gasteiger partial charge on any atom is 0.0683 e. The van der Waals surface area contributed by atoms with Gasteiger partial charge in [0.1, 0.15) is 0 Å². The molecule has 0 fully saturated rings. The van der Waals surface area contributed by atoms with E-state index >= 15 is 0 Å². The van der Waals surface area contributed by atoms with E-state index in [1.54, 1.807) is 0 Å². The van der Waals surface area contributed by atoms with Gasteiger partial charge in [0.15, 0.2) is 0 Å². The minimum absolute atomic E-state index is 0.401. The van der Waals surface area contributed by atoms with Gasteiger partial charge in [-0.15, -0.1) is 0 Å². The van der Waals surface area contributed by atoms with Crippen LogP contribution in [-0.4, -0.2) is 31.6 Å². The van der Waals surface area contributed by atoms with E-state index in [2.05, 4.69) is 72.6 Å². The normalized spacial score (nSPS) is 20.7. The fourth-order valence-electron chi connectivity index (χ4n) is 3.01. The number of H-pyrrole nitrogens is 1. The van der Waals surface area contributed by atoms with Gasteiger partial charge in [0.25, 0.3) is 0 Å². The largest absolute Gasteiger partial charge is 0.357 e. The zero-order valence-corrected chi connectivity index (χ0v) is 13.9. The zero-order chi connectivity index (χ0) is 14.3. The number of benzene rings is 1. The van der Waals surface area contributed by atoms with Crippen molar-refractivity contribution in [3.63, 3.8) is 0 Å². The topological polar surface area (TPSA) is 19.0 Å². The van der Waals surface area contributed by atoms with Crippen LogP contribution in [0.15, 0.2) is 36.0 Å². The van der Waals surface area contributed by atoms with Gasteiger partial charge >= 0.3 is 0 Å². The molecule has 0 amide bonds. The number of rotatable bonds is 2. The van der Waals surface area contributed by atoms with Crippen molar-refractivity contribution in [2.45, 2.75) is 32.1 Å². The van der Waals surface area contributed by atoms with E-state index in [-0.39, 0.29) is 0 Å². The van der Waals surface area contributed by atoms with Crippen LogP contribution in [0.1, 0.15) is 17.3 Å². The SMILES string of the molecule is CN1CCc2c([nH]c3ccccc23)C1/C=C/[Si](C)(C)C. The van der Waals surface area contributed by atoms with E-state index in [1.165, 1.54) is 22.2 Å². The van der Waals surface area contributed by atoms with Crippen LogP contribution in [0.5, 0.6) is 0 Å². The van der Waals surface area contributed by atoms with Crippen molar-refractivity contribution in [3.05, 3.63) is 47.3 Å². The molecule has 3 heteroatoms. The average molecular weight is 284 g/mol. The number of hydrogen-bond donors (Lipinski definition) is 1. The van der Waals surface area contributed by atoms with E-state index in [0.717, 1.165) is 13.0 Å². The summed E-state index contributed by atoms with van der Waals surface area (Å²) < 4.78 is 0. The van der Waals surface area contributed by atoms with Crippen LogP contribution in [0.2, 0.25) is 19.6 Å². The Bertz CT molecular complexity index is 649. The molecular formula is C17H24N2Si. The quantitative estimate of drug-likeness (QED) is 0.822. The van der Waals surface area contributed by atoms with Crippen molar-refractivity contribution < 1.29 is 0 Å². The predicted octanol–water partition coefficient (Wildman–Crippen LogP) is 4.13. The second-order valence-electron chi connectivity index (χ2n) is 6.96. The van der Waals surface area contributed by atoms with E-state index in [4.69, 9.17) is 0 Å². The molecule has 0 saturated heterocycles. The van der Waals surface area contributed by atoms with Crippen LogP contribution in [0, 0.1) is 0 Å².